The standard InChI is InChI=1S/C26H26N4O2/c1-3-32-17-19-7-9-21(10-8-19)26(31)28-15-20-5-4-6-22(13-20)25-24(16-29-30-25)23-11-12-27-14-18(23)2/h4-14,16H,3,15,17H2,1-2H3,(H,28,31)(H,29,30). The monoisotopic (exact) mass is 426 g/mol. The molecule has 0 aliphatic carbocycles. The molecule has 2 heterocycles. The molecule has 6 heteroatoms. The van der Waals surface area contributed by atoms with Crippen molar-refractivity contribution in [3.63, 3.8) is 0 Å². The zero-order valence-electron chi connectivity index (χ0n) is 18.3. The molecule has 2 N–H and O–H groups in total. The molecular weight excluding hydrogens is 400 g/mol. The molecule has 1 amide bonds. The molecule has 0 atom stereocenters. The normalized spacial score (nSPS) is 10.8. The summed E-state index contributed by atoms with van der Waals surface area (Å²) in [7, 11) is 0. The summed E-state index contributed by atoms with van der Waals surface area (Å²) >= 11 is 0. The minimum atomic E-state index is -0.104. The molecule has 2 aromatic heterocycles. The number of pyridine rings is 1. The van der Waals surface area contributed by atoms with Crippen LogP contribution in [-0.4, -0.2) is 27.7 Å². The number of carbonyl (C=O) groups is 1. The highest BCUT2D eigenvalue weighted by Crippen LogP contribution is 2.32. The van der Waals surface area contributed by atoms with E-state index in [0.717, 1.165) is 39.1 Å². The number of H-pyrrole nitrogens is 1. The third-order valence-electron chi connectivity index (χ3n) is 5.31. The quantitative estimate of drug-likeness (QED) is 0.419. The van der Waals surface area contributed by atoms with Crippen LogP contribution in [0.15, 0.2) is 73.2 Å². The summed E-state index contributed by atoms with van der Waals surface area (Å²) in [4.78, 5) is 16.7. The van der Waals surface area contributed by atoms with Crippen LogP contribution in [-0.2, 0) is 17.9 Å². The van der Waals surface area contributed by atoms with Gasteiger partial charge in [-0.1, -0.05) is 30.3 Å². The van der Waals surface area contributed by atoms with E-state index in [2.05, 4.69) is 26.6 Å². The lowest BCUT2D eigenvalue weighted by Crippen LogP contribution is -2.22. The zero-order chi connectivity index (χ0) is 22.3. The average Bonchev–Trinajstić information content (AvgIpc) is 3.32. The second kappa shape index (κ2) is 10.0. The summed E-state index contributed by atoms with van der Waals surface area (Å²) < 4.78 is 5.40. The van der Waals surface area contributed by atoms with Crippen LogP contribution in [0.4, 0.5) is 0 Å². The van der Waals surface area contributed by atoms with Crippen LogP contribution >= 0.6 is 0 Å². The molecule has 0 spiro atoms. The number of aromatic amines is 1. The van der Waals surface area contributed by atoms with Gasteiger partial charge in [0, 0.05) is 42.2 Å². The van der Waals surface area contributed by atoms with E-state index in [1.807, 2.05) is 74.8 Å². The van der Waals surface area contributed by atoms with E-state index in [0.29, 0.717) is 25.3 Å². The number of carbonyl (C=O) groups excluding carboxylic acids is 1. The van der Waals surface area contributed by atoms with E-state index in [1.165, 1.54) is 0 Å². The lowest BCUT2D eigenvalue weighted by atomic mass is 9.98. The molecule has 162 valence electrons. The van der Waals surface area contributed by atoms with Crippen molar-refractivity contribution < 1.29 is 9.53 Å². The molecular formula is C26H26N4O2. The van der Waals surface area contributed by atoms with Gasteiger partial charge in [0.1, 0.15) is 0 Å². The van der Waals surface area contributed by atoms with Gasteiger partial charge in [0.2, 0.25) is 0 Å². The van der Waals surface area contributed by atoms with Crippen molar-refractivity contribution in [2.75, 3.05) is 6.61 Å². The number of amides is 1. The van der Waals surface area contributed by atoms with Gasteiger partial charge in [-0.3, -0.25) is 14.9 Å². The predicted octanol–water partition coefficient (Wildman–Crippen LogP) is 4.91. The Kier molecular flexibility index (Phi) is 6.72. The fourth-order valence-corrected chi connectivity index (χ4v) is 3.58. The number of aromatic nitrogens is 3. The Balaban J connectivity index is 1.46. The van der Waals surface area contributed by atoms with Crippen LogP contribution in [0.2, 0.25) is 0 Å². The largest absolute Gasteiger partial charge is 0.377 e. The van der Waals surface area contributed by atoms with E-state index in [-0.39, 0.29) is 5.91 Å². The molecule has 0 aliphatic rings. The maximum atomic E-state index is 12.6. The Morgan fingerprint density at radius 2 is 1.88 bits per heavy atom. The molecule has 0 unspecified atom stereocenters. The minimum absolute atomic E-state index is 0.104. The number of aryl methyl sites for hydroxylation is 1. The van der Waals surface area contributed by atoms with Crippen molar-refractivity contribution in [2.24, 2.45) is 0 Å². The SMILES string of the molecule is CCOCc1ccc(C(=O)NCc2cccc(-c3[nH]ncc3-c3ccncc3C)c2)cc1. The smallest absolute Gasteiger partial charge is 0.251 e. The Labute approximate surface area is 187 Å². The van der Waals surface area contributed by atoms with Gasteiger partial charge in [-0.15, -0.1) is 0 Å². The van der Waals surface area contributed by atoms with Gasteiger partial charge in [-0.2, -0.15) is 5.10 Å². The molecule has 6 nitrogen and oxygen atoms in total. The number of hydrogen-bond donors (Lipinski definition) is 2. The Bertz CT molecular complexity index is 1200. The molecule has 0 fully saturated rings. The van der Waals surface area contributed by atoms with E-state index < -0.39 is 0 Å². The van der Waals surface area contributed by atoms with Crippen molar-refractivity contribution in [2.45, 2.75) is 27.0 Å². The topological polar surface area (TPSA) is 79.9 Å². The van der Waals surface area contributed by atoms with E-state index in [9.17, 15) is 4.79 Å². The Morgan fingerprint density at radius 1 is 1.03 bits per heavy atom. The van der Waals surface area contributed by atoms with Crippen LogP contribution in [0.1, 0.15) is 34.0 Å². The van der Waals surface area contributed by atoms with Gasteiger partial charge in [0.15, 0.2) is 0 Å². The molecule has 4 aromatic rings. The minimum Gasteiger partial charge on any atom is -0.377 e. The van der Waals surface area contributed by atoms with Gasteiger partial charge in [0.25, 0.3) is 5.91 Å². The first-order valence-corrected chi connectivity index (χ1v) is 10.6. The van der Waals surface area contributed by atoms with Crippen LogP contribution in [0.5, 0.6) is 0 Å². The Hall–Kier alpha value is -3.77. The molecule has 32 heavy (non-hydrogen) atoms. The number of benzene rings is 2. The summed E-state index contributed by atoms with van der Waals surface area (Å²) in [6.45, 7) is 5.66. The third kappa shape index (κ3) is 4.92. The Morgan fingerprint density at radius 3 is 2.66 bits per heavy atom. The number of hydrogen-bond acceptors (Lipinski definition) is 4. The van der Waals surface area contributed by atoms with Gasteiger partial charge in [0.05, 0.1) is 18.5 Å². The van der Waals surface area contributed by atoms with Crippen LogP contribution in [0.3, 0.4) is 0 Å². The first kappa shape index (κ1) is 21.5. The highest BCUT2D eigenvalue weighted by molar-refractivity contribution is 5.94. The molecule has 4 rings (SSSR count). The number of ether oxygens (including phenoxy) is 1. The summed E-state index contributed by atoms with van der Waals surface area (Å²) in [5, 5.41) is 10.4. The number of nitrogens with zero attached hydrogens (tertiary/aromatic N) is 2. The summed E-state index contributed by atoms with van der Waals surface area (Å²) in [6.07, 6.45) is 5.47. The van der Waals surface area contributed by atoms with Crippen LogP contribution in [0.25, 0.3) is 22.4 Å². The second-order valence-corrected chi connectivity index (χ2v) is 7.57. The second-order valence-electron chi connectivity index (χ2n) is 7.57. The van der Waals surface area contributed by atoms with Gasteiger partial charge in [-0.05, 0) is 60.4 Å². The van der Waals surface area contributed by atoms with Crippen LogP contribution < -0.4 is 5.32 Å². The highest BCUT2D eigenvalue weighted by atomic mass is 16.5. The van der Waals surface area contributed by atoms with E-state index in [1.54, 1.807) is 6.20 Å². The fourth-order valence-electron chi connectivity index (χ4n) is 3.58. The fraction of sp³-hybridized carbons (Fsp3) is 0.192. The first-order valence-electron chi connectivity index (χ1n) is 10.6. The summed E-state index contributed by atoms with van der Waals surface area (Å²) in [5.41, 5.74) is 7.86. The van der Waals surface area contributed by atoms with Crippen molar-refractivity contribution in [1.29, 1.82) is 0 Å². The maximum Gasteiger partial charge on any atom is 0.251 e. The van der Waals surface area contributed by atoms with Crippen molar-refractivity contribution >= 4 is 5.91 Å². The first-order chi connectivity index (χ1) is 15.7. The molecule has 0 saturated heterocycles. The molecule has 2 aromatic carbocycles. The van der Waals surface area contributed by atoms with Crippen molar-refractivity contribution in [3.8, 4) is 22.4 Å². The van der Waals surface area contributed by atoms with Gasteiger partial charge >= 0.3 is 0 Å². The number of rotatable bonds is 8. The molecule has 0 radical (unpaired) electrons. The molecule has 0 saturated carbocycles. The highest BCUT2D eigenvalue weighted by Gasteiger charge is 2.13. The van der Waals surface area contributed by atoms with Crippen molar-refractivity contribution in [1.82, 2.24) is 20.5 Å². The van der Waals surface area contributed by atoms with Crippen molar-refractivity contribution in [3.05, 3.63) is 95.4 Å². The molecule has 0 aliphatic heterocycles. The molecule has 0 bridgehead atoms. The van der Waals surface area contributed by atoms with Gasteiger partial charge in [-0.25, -0.2) is 0 Å². The van der Waals surface area contributed by atoms with Crippen LogP contribution in [0, 0.1) is 6.92 Å². The predicted molar refractivity (Wildman–Crippen MR) is 125 cm³/mol. The summed E-state index contributed by atoms with van der Waals surface area (Å²) in [5.74, 6) is -0.104. The lowest BCUT2D eigenvalue weighted by molar-refractivity contribution is 0.0950. The summed E-state index contributed by atoms with van der Waals surface area (Å²) in [6, 6.07) is 17.6. The van der Waals surface area contributed by atoms with E-state index in [4.69, 9.17) is 4.74 Å². The lowest BCUT2D eigenvalue weighted by Gasteiger charge is -2.10. The zero-order valence-corrected chi connectivity index (χ0v) is 18.3. The maximum absolute atomic E-state index is 12.6. The number of nitrogens with one attached hydrogen (secondary N) is 2. The van der Waals surface area contributed by atoms with Gasteiger partial charge < -0.3 is 10.1 Å². The third-order valence-corrected chi connectivity index (χ3v) is 5.31. The van der Waals surface area contributed by atoms with E-state index >= 15 is 0 Å². The average molecular weight is 427 g/mol.